The predicted octanol–water partition coefficient (Wildman–Crippen LogP) is 6.02. The summed E-state index contributed by atoms with van der Waals surface area (Å²) >= 11 is 0. The minimum atomic E-state index is -4.62. The fourth-order valence-electron chi connectivity index (χ4n) is 8.21. The third-order valence-electron chi connectivity index (χ3n) is 11.4. The minimum absolute atomic E-state index is 0.0548. The first-order valence-corrected chi connectivity index (χ1v) is 19.6. The summed E-state index contributed by atoms with van der Waals surface area (Å²) in [5.74, 6) is 4.82. The number of aryl methyl sites for hydroxylation is 1. The number of fused-ring (bicyclic) bond motifs is 1. The normalized spacial score (nSPS) is 18.5. The van der Waals surface area contributed by atoms with Gasteiger partial charge in [-0.2, -0.15) is 18.3 Å². The molecule has 3 aliphatic heterocycles. The second kappa shape index (κ2) is 16.4. The Balaban J connectivity index is 0.864. The van der Waals surface area contributed by atoms with Crippen molar-refractivity contribution >= 4 is 34.7 Å². The smallest absolute Gasteiger partial charge is 0.368 e. The molecule has 298 valence electrons. The molecule has 3 aliphatic rings. The van der Waals surface area contributed by atoms with Crippen LogP contribution in [-0.4, -0.2) is 87.4 Å². The number of halogens is 3. The fourth-order valence-corrected chi connectivity index (χ4v) is 8.21. The Kier molecular flexibility index (Phi) is 11.0. The Hall–Kier alpha value is -6.04. The van der Waals surface area contributed by atoms with E-state index < -0.39 is 17.6 Å². The van der Waals surface area contributed by atoms with Crippen molar-refractivity contribution in [1.82, 2.24) is 29.7 Å². The summed E-state index contributed by atoms with van der Waals surface area (Å²) < 4.78 is 45.2. The van der Waals surface area contributed by atoms with Crippen LogP contribution >= 0.6 is 0 Å². The van der Waals surface area contributed by atoms with E-state index in [0.29, 0.717) is 62.0 Å². The van der Waals surface area contributed by atoms with E-state index in [2.05, 4.69) is 54.5 Å². The summed E-state index contributed by atoms with van der Waals surface area (Å²) in [6.45, 7) is 6.66. The van der Waals surface area contributed by atoms with Crippen molar-refractivity contribution in [1.29, 1.82) is 0 Å². The van der Waals surface area contributed by atoms with Crippen molar-refractivity contribution in [2.75, 3.05) is 49.5 Å². The number of benzene rings is 3. The van der Waals surface area contributed by atoms with Gasteiger partial charge in [0.15, 0.2) is 5.65 Å². The highest BCUT2D eigenvalue weighted by Crippen LogP contribution is 2.39. The van der Waals surface area contributed by atoms with Gasteiger partial charge in [-0.25, -0.2) is 9.50 Å². The molecule has 2 aromatic heterocycles. The lowest BCUT2D eigenvalue weighted by Crippen LogP contribution is -2.53. The molecule has 0 aliphatic carbocycles. The number of imidazole rings is 1. The molecule has 3 fully saturated rings. The van der Waals surface area contributed by atoms with Crippen molar-refractivity contribution < 1.29 is 27.6 Å². The highest BCUT2D eigenvalue weighted by atomic mass is 19.4. The number of nitrogens with one attached hydrogen (secondary N) is 2. The summed E-state index contributed by atoms with van der Waals surface area (Å²) in [4.78, 5) is 48.2. The molecule has 0 bridgehead atoms. The van der Waals surface area contributed by atoms with Crippen molar-refractivity contribution in [3.63, 3.8) is 0 Å². The highest BCUT2D eigenvalue weighted by molar-refractivity contribution is 6.04. The number of carbonyl (C=O) groups is 3. The average Bonchev–Trinajstić information content (AvgIpc) is 3.64. The number of aromatic nitrogens is 3. The lowest BCUT2D eigenvalue weighted by Gasteiger charge is -2.43. The number of likely N-dealkylation sites (tertiary alicyclic amines) is 1. The number of amides is 3. The van der Waals surface area contributed by atoms with Crippen molar-refractivity contribution in [2.24, 2.45) is 0 Å². The zero-order valence-electron chi connectivity index (χ0n) is 32.1. The molecular weight excluding hydrogens is 746 g/mol. The summed E-state index contributed by atoms with van der Waals surface area (Å²) in [7, 11) is 0. The molecule has 5 heterocycles. The second-order valence-corrected chi connectivity index (χ2v) is 15.2. The predicted molar refractivity (Wildman–Crippen MR) is 213 cm³/mol. The number of hydrogen-bond donors (Lipinski definition) is 2. The van der Waals surface area contributed by atoms with E-state index in [0.717, 1.165) is 55.2 Å². The number of nitrogens with zero attached hydrogens (tertiary/aromatic N) is 6. The number of piperidine rings is 2. The topological polar surface area (TPSA) is 115 Å². The first-order chi connectivity index (χ1) is 28.0. The van der Waals surface area contributed by atoms with E-state index in [1.54, 1.807) is 46.1 Å². The van der Waals surface area contributed by atoms with Gasteiger partial charge in [0.05, 0.1) is 17.7 Å². The van der Waals surface area contributed by atoms with E-state index in [1.807, 2.05) is 25.1 Å². The summed E-state index contributed by atoms with van der Waals surface area (Å²) in [6, 6.07) is 21.0. The molecule has 5 aromatic rings. The van der Waals surface area contributed by atoms with Gasteiger partial charge in [-0.15, -0.1) is 0 Å². The lowest BCUT2D eigenvalue weighted by molar-refractivity contribution is -0.137. The van der Waals surface area contributed by atoms with Crippen LogP contribution in [0, 0.1) is 18.8 Å². The Morgan fingerprint density at radius 2 is 1.72 bits per heavy atom. The van der Waals surface area contributed by atoms with E-state index in [1.165, 1.54) is 12.1 Å². The van der Waals surface area contributed by atoms with Crippen LogP contribution in [0.2, 0.25) is 0 Å². The van der Waals surface area contributed by atoms with E-state index >= 15 is 0 Å². The molecule has 14 heteroatoms. The quantitative estimate of drug-likeness (QED) is 0.152. The molecule has 11 nitrogen and oxygen atoms in total. The number of carbonyl (C=O) groups excluding carboxylic acids is 3. The number of imide groups is 1. The van der Waals surface area contributed by atoms with E-state index in [4.69, 9.17) is 0 Å². The number of alkyl halides is 3. The lowest BCUT2D eigenvalue weighted by atomic mass is 9.89. The first kappa shape index (κ1) is 38.8. The van der Waals surface area contributed by atoms with Crippen LogP contribution in [0.15, 0.2) is 85.2 Å². The number of rotatable bonds is 7. The van der Waals surface area contributed by atoms with Gasteiger partial charge >= 0.3 is 6.18 Å². The molecule has 1 atom stereocenters. The maximum atomic E-state index is 14.5. The van der Waals surface area contributed by atoms with Crippen molar-refractivity contribution in [3.05, 3.63) is 124 Å². The van der Waals surface area contributed by atoms with Gasteiger partial charge in [0.25, 0.3) is 5.91 Å². The third-order valence-corrected chi connectivity index (χ3v) is 11.4. The van der Waals surface area contributed by atoms with Crippen LogP contribution in [0.1, 0.15) is 75.5 Å². The second-order valence-electron chi connectivity index (χ2n) is 15.2. The van der Waals surface area contributed by atoms with Crippen LogP contribution in [0.4, 0.5) is 24.5 Å². The molecule has 58 heavy (non-hydrogen) atoms. The first-order valence-electron chi connectivity index (χ1n) is 19.6. The molecule has 8 rings (SSSR count). The maximum Gasteiger partial charge on any atom is 0.418 e. The Morgan fingerprint density at radius 1 is 0.914 bits per heavy atom. The monoisotopic (exact) mass is 788 g/mol. The molecule has 0 saturated carbocycles. The highest BCUT2D eigenvalue weighted by Gasteiger charge is 2.37. The molecule has 3 amide bonds. The van der Waals surface area contributed by atoms with Crippen LogP contribution in [0.25, 0.3) is 5.65 Å². The van der Waals surface area contributed by atoms with Gasteiger partial charge in [-0.05, 0) is 104 Å². The number of hydrogen-bond acceptors (Lipinski definition) is 8. The van der Waals surface area contributed by atoms with Crippen LogP contribution in [-0.2, 0) is 22.3 Å². The average molecular weight is 789 g/mol. The number of anilines is 2. The molecule has 1 unspecified atom stereocenters. The zero-order chi connectivity index (χ0) is 40.4. The summed E-state index contributed by atoms with van der Waals surface area (Å²) in [5.41, 5.74) is 4.38. The fraction of sp³-hybridized carbons (Fsp3) is 0.341. The van der Waals surface area contributed by atoms with Gasteiger partial charge in [0, 0.05) is 73.9 Å². The summed E-state index contributed by atoms with van der Waals surface area (Å²) in [5, 5.41) is 9.37. The Morgan fingerprint density at radius 3 is 2.50 bits per heavy atom. The van der Waals surface area contributed by atoms with Gasteiger partial charge in [-0.1, -0.05) is 36.3 Å². The van der Waals surface area contributed by atoms with E-state index in [9.17, 15) is 27.6 Å². The molecule has 0 spiro atoms. The molecule has 3 aromatic carbocycles. The van der Waals surface area contributed by atoms with Gasteiger partial charge in [0.1, 0.15) is 5.69 Å². The number of piperazine rings is 1. The van der Waals surface area contributed by atoms with Crippen LogP contribution in [0.3, 0.4) is 0 Å². The molecule has 3 saturated heterocycles. The van der Waals surface area contributed by atoms with Crippen LogP contribution < -0.4 is 15.5 Å². The van der Waals surface area contributed by atoms with Gasteiger partial charge < -0.3 is 10.2 Å². The van der Waals surface area contributed by atoms with Crippen LogP contribution in [0.5, 0.6) is 0 Å². The Bertz CT molecular complexity index is 2420. The van der Waals surface area contributed by atoms with Gasteiger partial charge in [-0.3, -0.25) is 29.5 Å². The SMILES string of the molecule is Cc1ccc(C(=O)Nc2ccc(N3CCN(C4CCN(Cc5cccc(C6CCC(=O)NC6=O)c5)CC4)CC3)c(C(F)(F)F)c2)cc1C#Cc1cnc2cccnn12. The van der Waals surface area contributed by atoms with Crippen molar-refractivity contribution in [3.8, 4) is 11.8 Å². The van der Waals surface area contributed by atoms with Crippen molar-refractivity contribution in [2.45, 2.75) is 57.3 Å². The molecule has 2 N–H and O–H groups in total. The molecule has 0 radical (unpaired) electrons. The largest absolute Gasteiger partial charge is 0.418 e. The molecular formula is C44H43F3N8O3. The third kappa shape index (κ3) is 8.61. The zero-order valence-corrected chi connectivity index (χ0v) is 32.1. The van der Waals surface area contributed by atoms with E-state index in [-0.39, 0.29) is 34.7 Å². The summed E-state index contributed by atoms with van der Waals surface area (Å²) in [6.07, 6.45) is 1.42. The minimum Gasteiger partial charge on any atom is -0.368 e. The maximum absolute atomic E-state index is 14.5. The standard InChI is InChI=1S/C44H43F3N8O3/c1-29-7-8-33(25-31(29)9-11-36-27-48-40-6-3-17-49-55(36)40)42(57)50-34-10-13-39(38(26-34)44(45,46)47)54-22-20-53(21-23-54)35-15-18-52(19-16-35)28-30-4-2-5-32(24-30)37-12-14-41(56)51-43(37)58/h2-8,10,13,17,24-27,35,37H,12,14-16,18-23,28H2,1H3,(H,50,57)(H,51,56,58). The Labute approximate surface area is 334 Å². The van der Waals surface area contributed by atoms with Gasteiger partial charge in [0.2, 0.25) is 11.8 Å².